The molecule has 2 nitrogen and oxygen atoms in total. The van der Waals surface area contributed by atoms with Gasteiger partial charge in [0.2, 0.25) is 0 Å². The fraction of sp³-hybridized carbons (Fsp3) is 0.923. The zero-order chi connectivity index (χ0) is 13.0. The summed E-state index contributed by atoms with van der Waals surface area (Å²) in [6.07, 6.45) is 1.50. The first-order valence-corrected chi connectivity index (χ1v) is 9.19. The van der Waals surface area contributed by atoms with Gasteiger partial charge in [-0.25, -0.2) is 0 Å². The van der Waals surface area contributed by atoms with Gasteiger partial charge in [-0.15, -0.1) is 0 Å². The van der Waals surface area contributed by atoms with Crippen LogP contribution < -0.4 is 0 Å². The van der Waals surface area contributed by atoms with Crippen molar-refractivity contribution in [3.05, 3.63) is 0 Å². The van der Waals surface area contributed by atoms with Crippen LogP contribution in [0.3, 0.4) is 0 Å². The molecule has 0 spiro atoms. The molecular weight excluding hydrogens is 216 g/mol. The number of Topliss-reactive ketones (excluding diaryl/α,β-unsaturated/α-hetero) is 1. The average molecular weight is 244 g/mol. The molecule has 0 aromatic rings. The van der Waals surface area contributed by atoms with E-state index in [4.69, 9.17) is 4.43 Å². The van der Waals surface area contributed by atoms with Crippen molar-refractivity contribution in [2.24, 2.45) is 5.92 Å². The minimum absolute atomic E-state index is 0.148. The molecule has 16 heavy (non-hydrogen) atoms. The van der Waals surface area contributed by atoms with Crippen molar-refractivity contribution in [1.82, 2.24) is 0 Å². The van der Waals surface area contributed by atoms with Gasteiger partial charge in [-0.3, -0.25) is 4.79 Å². The third-order valence-electron chi connectivity index (χ3n) is 3.72. The third kappa shape index (κ3) is 4.79. The zero-order valence-corrected chi connectivity index (χ0v) is 13.0. The summed E-state index contributed by atoms with van der Waals surface area (Å²) in [6.45, 7) is 15.9. The molecule has 0 fully saturated rings. The highest BCUT2D eigenvalue weighted by molar-refractivity contribution is 6.74. The van der Waals surface area contributed by atoms with Crippen molar-refractivity contribution in [1.29, 1.82) is 0 Å². The molecular formula is C13H28O2Si. The minimum Gasteiger partial charge on any atom is -0.417 e. The molecule has 3 heteroatoms. The highest BCUT2D eigenvalue weighted by Gasteiger charge is 2.36. The van der Waals surface area contributed by atoms with Gasteiger partial charge in [0, 0.05) is 18.9 Å². The summed E-state index contributed by atoms with van der Waals surface area (Å²) in [7, 11) is -1.63. The molecule has 0 aliphatic heterocycles. The van der Waals surface area contributed by atoms with Gasteiger partial charge in [0.25, 0.3) is 0 Å². The van der Waals surface area contributed by atoms with Crippen LogP contribution in [0, 0.1) is 5.92 Å². The summed E-state index contributed by atoms with van der Waals surface area (Å²) in [4.78, 5) is 11.4. The maximum atomic E-state index is 11.4. The molecule has 96 valence electrons. The van der Waals surface area contributed by atoms with Gasteiger partial charge in [0.15, 0.2) is 8.32 Å². The Bertz CT molecular complexity index is 229. The minimum atomic E-state index is -1.63. The Kier molecular flexibility index (Phi) is 5.91. The Balaban J connectivity index is 4.04. The van der Waals surface area contributed by atoms with Gasteiger partial charge in [0.1, 0.15) is 5.78 Å². The van der Waals surface area contributed by atoms with E-state index in [0.717, 1.165) is 13.0 Å². The summed E-state index contributed by atoms with van der Waals surface area (Å²) >= 11 is 0. The lowest BCUT2D eigenvalue weighted by molar-refractivity contribution is -0.122. The van der Waals surface area contributed by atoms with Crippen LogP contribution in [0.15, 0.2) is 0 Å². The van der Waals surface area contributed by atoms with Crippen LogP contribution in [0.4, 0.5) is 0 Å². The first-order valence-electron chi connectivity index (χ1n) is 6.28. The SMILES string of the molecule is CCC(=O)C(C)CCO[Si](C)(C)C(C)(C)C. The third-order valence-corrected chi connectivity index (χ3v) is 8.26. The van der Waals surface area contributed by atoms with Crippen LogP contribution in [0.25, 0.3) is 0 Å². The monoisotopic (exact) mass is 244 g/mol. The molecule has 0 aromatic carbocycles. The summed E-state index contributed by atoms with van der Waals surface area (Å²) < 4.78 is 6.05. The highest BCUT2D eigenvalue weighted by Crippen LogP contribution is 2.36. The lowest BCUT2D eigenvalue weighted by Crippen LogP contribution is -2.41. The smallest absolute Gasteiger partial charge is 0.191 e. The fourth-order valence-corrected chi connectivity index (χ4v) is 2.28. The Morgan fingerprint density at radius 2 is 1.81 bits per heavy atom. The number of ketones is 1. The van der Waals surface area contributed by atoms with E-state index in [-0.39, 0.29) is 11.0 Å². The summed E-state index contributed by atoms with van der Waals surface area (Å²) in [5.74, 6) is 0.494. The molecule has 0 radical (unpaired) electrons. The van der Waals surface area contributed by atoms with E-state index >= 15 is 0 Å². The standard InChI is InChI=1S/C13H28O2Si/c1-8-12(14)11(2)9-10-15-16(6,7)13(3,4)5/h11H,8-10H2,1-7H3. The van der Waals surface area contributed by atoms with E-state index in [2.05, 4.69) is 33.9 Å². The molecule has 0 saturated heterocycles. The van der Waals surface area contributed by atoms with Crippen LogP contribution in [-0.4, -0.2) is 20.7 Å². The number of hydrogen-bond acceptors (Lipinski definition) is 2. The largest absolute Gasteiger partial charge is 0.417 e. The van der Waals surface area contributed by atoms with Crippen LogP contribution in [0.2, 0.25) is 18.1 Å². The number of rotatable bonds is 6. The normalized spacial score (nSPS) is 14.9. The van der Waals surface area contributed by atoms with Crippen LogP contribution in [-0.2, 0) is 9.22 Å². The molecule has 0 N–H and O–H groups in total. The lowest BCUT2D eigenvalue weighted by Gasteiger charge is -2.36. The molecule has 0 aliphatic carbocycles. The zero-order valence-electron chi connectivity index (χ0n) is 12.0. The Labute approximate surface area is 102 Å². The van der Waals surface area contributed by atoms with Gasteiger partial charge < -0.3 is 4.43 Å². The van der Waals surface area contributed by atoms with Crippen molar-refractivity contribution in [3.63, 3.8) is 0 Å². The van der Waals surface area contributed by atoms with E-state index < -0.39 is 8.32 Å². The van der Waals surface area contributed by atoms with Crippen molar-refractivity contribution in [3.8, 4) is 0 Å². The van der Waals surface area contributed by atoms with Gasteiger partial charge in [-0.2, -0.15) is 0 Å². The Morgan fingerprint density at radius 1 is 1.31 bits per heavy atom. The summed E-state index contributed by atoms with van der Waals surface area (Å²) in [5, 5.41) is 0.255. The molecule has 0 aliphatic rings. The molecule has 0 amide bonds. The molecule has 0 heterocycles. The quantitative estimate of drug-likeness (QED) is 0.660. The van der Waals surface area contributed by atoms with Gasteiger partial charge >= 0.3 is 0 Å². The first-order chi connectivity index (χ1) is 7.12. The van der Waals surface area contributed by atoms with E-state index in [1.807, 2.05) is 13.8 Å². The van der Waals surface area contributed by atoms with Crippen molar-refractivity contribution >= 4 is 14.1 Å². The molecule has 1 atom stereocenters. The molecule has 0 bridgehead atoms. The molecule has 0 aromatic heterocycles. The van der Waals surface area contributed by atoms with Crippen LogP contribution in [0.1, 0.15) is 47.5 Å². The van der Waals surface area contributed by atoms with Crippen LogP contribution >= 0.6 is 0 Å². The second kappa shape index (κ2) is 5.96. The maximum absolute atomic E-state index is 11.4. The first kappa shape index (κ1) is 15.8. The molecule has 0 saturated carbocycles. The second-order valence-corrected chi connectivity index (χ2v) is 10.9. The van der Waals surface area contributed by atoms with E-state index in [0.29, 0.717) is 12.2 Å². The van der Waals surface area contributed by atoms with Gasteiger partial charge in [0.05, 0.1) is 0 Å². The van der Waals surface area contributed by atoms with Gasteiger partial charge in [-0.05, 0) is 24.6 Å². The fourth-order valence-electron chi connectivity index (χ4n) is 1.22. The van der Waals surface area contributed by atoms with Crippen LogP contribution in [0.5, 0.6) is 0 Å². The summed E-state index contributed by atoms with van der Waals surface area (Å²) in [5.41, 5.74) is 0. The summed E-state index contributed by atoms with van der Waals surface area (Å²) in [6, 6.07) is 0. The van der Waals surface area contributed by atoms with Crippen molar-refractivity contribution < 1.29 is 9.22 Å². The van der Waals surface area contributed by atoms with Crippen molar-refractivity contribution in [2.45, 2.75) is 65.6 Å². The predicted octanol–water partition coefficient (Wildman–Crippen LogP) is 4.01. The topological polar surface area (TPSA) is 26.3 Å². The lowest BCUT2D eigenvalue weighted by atomic mass is 10.0. The highest BCUT2D eigenvalue weighted by atomic mass is 28.4. The maximum Gasteiger partial charge on any atom is 0.191 e. The second-order valence-electron chi connectivity index (χ2n) is 6.12. The molecule has 1 unspecified atom stereocenters. The van der Waals surface area contributed by atoms with E-state index in [1.54, 1.807) is 0 Å². The van der Waals surface area contributed by atoms with E-state index in [9.17, 15) is 4.79 Å². The predicted molar refractivity (Wildman–Crippen MR) is 72.2 cm³/mol. The number of carbonyl (C=O) groups excluding carboxylic acids is 1. The van der Waals surface area contributed by atoms with Crippen molar-refractivity contribution in [2.75, 3.05) is 6.61 Å². The van der Waals surface area contributed by atoms with E-state index in [1.165, 1.54) is 0 Å². The number of carbonyl (C=O) groups is 1. The Morgan fingerprint density at radius 3 is 2.19 bits per heavy atom. The number of hydrogen-bond donors (Lipinski definition) is 0. The van der Waals surface area contributed by atoms with Gasteiger partial charge in [-0.1, -0.05) is 34.6 Å². The average Bonchev–Trinajstić information content (AvgIpc) is 2.14. The Hall–Kier alpha value is -0.153. The molecule has 0 rings (SSSR count).